The van der Waals surface area contributed by atoms with Crippen LogP contribution in [-0.4, -0.2) is 25.6 Å². The van der Waals surface area contributed by atoms with Gasteiger partial charge in [-0.3, -0.25) is 19.5 Å². The van der Waals surface area contributed by atoms with Crippen molar-refractivity contribution >= 4 is 29.0 Å². The number of carbonyl (C=O) groups is 1. The number of nitro benzene ring substituents is 1. The average Bonchev–Trinajstić information content (AvgIpc) is 3.28. The van der Waals surface area contributed by atoms with Crippen molar-refractivity contribution in [3.63, 3.8) is 0 Å². The molecular formula is C23H19N5O3S. The first-order valence-corrected chi connectivity index (χ1v) is 10.6. The van der Waals surface area contributed by atoms with Crippen molar-refractivity contribution in [3.05, 3.63) is 106 Å². The van der Waals surface area contributed by atoms with E-state index in [1.165, 1.54) is 17.8 Å². The summed E-state index contributed by atoms with van der Waals surface area (Å²) in [6.45, 7) is 1.76. The summed E-state index contributed by atoms with van der Waals surface area (Å²) in [6, 6.07) is 23.5. The van der Waals surface area contributed by atoms with Crippen LogP contribution in [0, 0.1) is 17.0 Å². The van der Waals surface area contributed by atoms with Gasteiger partial charge in [-0.05, 0) is 36.2 Å². The van der Waals surface area contributed by atoms with Crippen LogP contribution in [0.1, 0.15) is 16.4 Å². The number of amides is 1. The molecule has 4 rings (SSSR count). The van der Waals surface area contributed by atoms with Gasteiger partial charge in [0.25, 0.3) is 5.69 Å². The minimum Gasteiger partial charge on any atom is -0.319 e. The first kappa shape index (κ1) is 21.3. The molecule has 0 spiro atoms. The van der Waals surface area contributed by atoms with E-state index in [9.17, 15) is 14.9 Å². The molecule has 0 radical (unpaired) electrons. The molecule has 32 heavy (non-hydrogen) atoms. The summed E-state index contributed by atoms with van der Waals surface area (Å²) in [5.74, 6) is -0.393. The normalized spacial score (nSPS) is 11.7. The summed E-state index contributed by atoms with van der Waals surface area (Å²) in [7, 11) is 0. The number of anilines is 1. The van der Waals surface area contributed by atoms with Crippen LogP contribution in [0.4, 0.5) is 11.4 Å². The summed E-state index contributed by atoms with van der Waals surface area (Å²) in [5.41, 5.74) is 2.34. The van der Waals surface area contributed by atoms with E-state index in [0.717, 1.165) is 16.8 Å². The van der Waals surface area contributed by atoms with Crippen molar-refractivity contribution in [2.45, 2.75) is 17.3 Å². The lowest BCUT2D eigenvalue weighted by molar-refractivity contribution is -0.384. The molecular weight excluding hydrogens is 426 g/mol. The van der Waals surface area contributed by atoms with Gasteiger partial charge in [0.15, 0.2) is 5.16 Å². The van der Waals surface area contributed by atoms with Gasteiger partial charge in [-0.2, -0.15) is 0 Å². The van der Waals surface area contributed by atoms with E-state index in [4.69, 9.17) is 0 Å². The zero-order valence-electron chi connectivity index (χ0n) is 17.1. The van der Waals surface area contributed by atoms with E-state index >= 15 is 0 Å². The van der Waals surface area contributed by atoms with Crippen molar-refractivity contribution in [2.75, 3.05) is 5.32 Å². The summed E-state index contributed by atoms with van der Waals surface area (Å²) in [6.07, 6.45) is 1.59. The van der Waals surface area contributed by atoms with E-state index in [0.29, 0.717) is 5.16 Å². The average molecular weight is 446 g/mol. The Morgan fingerprint density at radius 1 is 1.06 bits per heavy atom. The molecule has 8 nitrogen and oxygen atoms in total. The highest BCUT2D eigenvalue weighted by atomic mass is 32.2. The van der Waals surface area contributed by atoms with Crippen LogP contribution >= 0.6 is 11.8 Å². The van der Waals surface area contributed by atoms with E-state index < -0.39 is 16.1 Å². The highest BCUT2D eigenvalue weighted by Crippen LogP contribution is 2.37. The minimum absolute atomic E-state index is 0.150. The maximum atomic E-state index is 13.3. The molecule has 1 heterocycles. The standard InChI is InChI=1S/C23H19N5O3S/c1-16-12-13-19(20(14-16)28(30)31)25-22(29)21(17-8-4-2-5-9-17)32-23-26-24-15-27(23)18-10-6-3-7-11-18/h2-15,21H,1H3,(H,25,29). The van der Waals surface area contributed by atoms with Gasteiger partial charge in [0.1, 0.15) is 17.3 Å². The van der Waals surface area contributed by atoms with Crippen LogP contribution in [0.15, 0.2) is 90.3 Å². The second kappa shape index (κ2) is 9.44. The third kappa shape index (κ3) is 4.68. The van der Waals surface area contributed by atoms with E-state index in [-0.39, 0.29) is 11.4 Å². The maximum absolute atomic E-state index is 13.3. The number of hydrogen-bond donors (Lipinski definition) is 1. The molecule has 160 valence electrons. The first-order valence-electron chi connectivity index (χ1n) is 9.76. The van der Waals surface area contributed by atoms with Gasteiger partial charge in [0.2, 0.25) is 5.91 Å². The molecule has 0 aliphatic rings. The topological polar surface area (TPSA) is 103 Å². The lowest BCUT2D eigenvalue weighted by atomic mass is 10.1. The van der Waals surface area contributed by atoms with Crippen LogP contribution in [0.5, 0.6) is 0 Å². The number of aromatic nitrogens is 3. The quantitative estimate of drug-likeness (QED) is 0.245. The smallest absolute Gasteiger partial charge is 0.293 e. The molecule has 0 fully saturated rings. The van der Waals surface area contributed by atoms with Gasteiger partial charge in [0.05, 0.1) is 4.92 Å². The molecule has 3 aromatic carbocycles. The molecule has 0 saturated carbocycles. The fourth-order valence-corrected chi connectivity index (χ4v) is 4.20. The van der Waals surface area contributed by atoms with Crippen molar-refractivity contribution in [1.29, 1.82) is 0 Å². The summed E-state index contributed by atoms with van der Waals surface area (Å²) in [5, 5.41) is 22.2. The Morgan fingerprint density at radius 2 is 1.75 bits per heavy atom. The van der Waals surface area contributed by atoms with Gasteiger partial charge in [-0.1, -0.05) is 66.4 Å². The number of carbonyl (C=O) groups excluding carboxylic acids is 1. The Morgan fingerprint density at radius 3 is 2.44 bits per heavy atom. The van der Waals surface area contributed by atoms with E-state index in [2.05, 4.69) is 15.5 Å². The molecule has 0 aliphatic carbocycles. The monoisotopic (exact) mass is 445 g/mol. The lowest BCUT2D eigenvalue weighted by Gasteiger charge is -2.17. The number of hydrogen-bond acceptors (Lipinski definition) is 6. The zero-order valence-corrected chi connectivity index (χ0v) is 17.9. The van der Waals surface area contributed by atoms with Crippen LogP contribution in [-0.2, 0) is 4.79 Å². The number of nitro groups is 1. The highest BCUT2D eigenvalue weighted by Gasteiger charge is 2.27. The molecule has 0 aliphatic heterocycles. The number of rotatable bonds is 7. The Hall–Kier alpha value is -3.98. The molecule has 1 atom stereocenters. The predicted molar refractivity (Wildman–Crippen MR) is 123 cm³/mol. The summed E-state index contributed by atoms with van der Waals surface area (Å²) >= 11 is 1.22. The number of aryl methyl sites for hydroxylation is 1. The third-order valence-electron chi connectivity index (χ3n) is 4.72. The SMILES string of the molecule is Cc1ccc(NC(=O)C(Sc2nncn2-c2ccccc2)c2ccccc2)c([N+](=O)[O-])c1. The molecule has 9 heteroatoms. The minimum atomic E-state index is -0.705. The molecule has 0 bridgehead atoms. The van der Waals surface area contributed by atoms with Crippen molar-refractivity contribution in [2.24, 2.45) is 0 Å². The first-order chi connectivity index (χ1) is 15.5. The Bertz CT molecular complexity index is 1240. The number of benzene rings is 3. The summed E-state index contributed by atoms with van der Waals surface area (Å²) < 4.78 is 1.79. The lowest BCUT2D eigenvalue weighted by Crippen LogP contribution is -2.20. The molecule has 0 saturated heterocycles. The number of para-hydroxylation sites is 1. The summed E-state index contributed by atoms with van der Waals surface area (Å²) in [4.78, 5) is 24.3. The molecule has 1 unspecified atom stereocenters. The molecule has 4 aromatic rings. The maximum Gasteiger partial charge on any atom is 0.293 e. The van der Waals surface area contributed by atoms with Gasteiger partial charge in [-0.15, -0.1) is 10.2 Å². The Labute approximate surface area is 188 Å². The van der Waals surface area contributed by atoms with Crippen molar-refractivity contribution in [3.8, 4) is 5.69 Å². The van der Waals surface area contributed by atoms with Gasteiger partial charge >= 0.3 is 0 Å². The van der Waals surface area contributed by atoms with E-state index in [1.54, 1.807) is 30.0 Å². The number of nitrogens with zero attached hydrogens (tertiary/aromatic N) is 4. The third-order valence-corrected chi connectivity index (χ3v) is 5.93. The Kier molecular flexibility index (Phi) is 6.27. The van der Waals surface area contributed by atoms with Gasteiger partial charge in [0, 0.05) is 11.8 Å². The van der Waals surface area contributed by atoms with Crippen LogP contribution in [0.2, 0.25) is 0 Å². The molecule has 1 amide bonds. The fraction of sp³-hybridized carbons (Fsp3) is 0.0870. The van der Waals surface area contributed by atoms with Crippen LogP contribution in [0.25, 0.3) is 5.69 Å². The molecule has 1 N–H and O–H groups in total. The largest absolute Gasteiger partial charge is 0.319 e. The molecule has 1 aromatic heterocycles. The van der Waals surface area contributed by atoms with Crippen LogP contribution < -0.4 is 5.32 Å². The highest BCUT2D eigenvalue weighted by molar-refractivity contribution is 8.00. The predicted octanol–water partition coefficient (Wildman–Crippen LogP) is 4.96. The Balaban J connectivity index is 1.67. The fourth-order valence-electron chi connectivity index (χ4n) is 3.17. The van der Waals surface area contributed by atoms with Crippen LogP contribution in [0.3, 0.4) is 0 Å². The number of nitrogens with one attached hydrogen (secondary N) is 1. The van der Waals surface area contributed by atoms with Gasteiger partial charge in [-0.25, -0.2) is 0 Å². The number of thioether (sulfide) groups is 1. The van der Waals surface area contributed by atoms with Gasteiger partial charge < -0.3 is 5.32 Å². The second-order valence-corrected chi connectivity index (χ2v) is 8.07. The van der Waals surface area contributed by atoms with Crippen molar-refractivity contribution in [1.82, 2.24) is 14.8 Å². The zero-order chi connectivity index (χ0) is 22.5. The van der Waals surface area contributed by atoms with Crippen molar-refractivity contribution < 1.29 is 9.72 Å². The van der Waals surface area contributed by atoms with E-state index in [1.807, 2.05) is 60.7 Å². The second-order valence-electron chi connectivity index (χ2n) is 6.99.